The number of amides is 1. The van der Waals surface area contributed by atoms with E-state index in [0.717, 1.165) is 25.8 Å². The maximum atomic E-state index is 12.5. The first-order valence-electron chi connectivity index (χ1n) is 9.62. The van der Waals surface area contributed by atoms with Crippen molar-refractivity contribution in [3.63, 3.8) is 0 Å². The van der Waals surface area contributed by atoms with Crippen LogP contribution in [-0.2, 0) is 11.4 Å². The van der Waals surface area contributed by atoms with E-state index < -0.39 is 0 Å². The van der Waals surface area contributed by atoms with Crippen LogP contribution in [0.4, 0.5) is 5.69 Å². The van der Waals surface area contributed by atoms with Crippen molar-refractivity contribution >= 4 is 66.5 Å². The van der Waals surface area contributed by atoms with Gasteiger partial charge in [-0.05, 0) is 85.1 Å². The Kier molecular flexibility index (Phi) is 7.34. The molecule has 1 N–H and O–H groups in total. The standard InChI is InChI=1S/C24H18Br2N2O3S/c1-30-20-12-16(11-18(26)22(20)31-14-15-7-3-2-4-8-15)13-21-23(29)28-24(32-21)27-19-10-6-5-9-17(19)25/h2-13H,14H2,1H3,(H,27,28,29)/b21-13+. The number of thioether (sulfide) groups is 1. The molecule has 3 aromatic carbocycles. The van der Waals surface area contributed by atoms with E-state index in [4.69, 9.17) is 9.47 Å². The number of amidine groups is 1. The molecule has 1 aliphatic rings. The molecule has 0 bridgehead atoms. The molecule has 1 aliphatic heterocycles. The number of nitrogens with one attached hydrogen (secondary N) is 1. The van der Waals surface area contributed by atoms with Gasteiger partial charge in [0.2, 0.25) is 0 Å². The number of methoxy groups -OCH3 is 1. The molecule has 8 heteroatoms. The first-order valence-corrected chi connectivity index (χ1v) is 12.0. The molecule has 0 atom stereocenters. The number of aliphatic imine (C=N–C) groups is 1. The molecule has 3 aromatic rings. The summed E-state index contributed by atoms with van der Waals surface area (Å²) in [5, 5.41) is 3.34. The van der Waals surface area contributed by atoms with Crippen molar-refractivity contribution in [3.8, 4) is 11.5 Å². The number of ether oxygens (including phenoxy) is 2. The summed E-state index contributed by atoms with van der Waals surface area (Å²) in [6.07, 6.45) is 1.80. The Morgan fingerprint density at radius 1 is 1.03 bits per heavy atom. The van der Waals surface area contributed by atoms with E-state index in [1.54, 1.807) is 13.2 Å². The minimum atomic E-state index is -0.194. The first kappa shape index (κ1) is 22.6. The monoisotopic (exact) mass is 572 g/mol. The fourth-order valence-corrected chi connectivity index (χ4v) is 4.76. The van der Waals surface area contributed by atoms with Crippen molar-refractivity contribution in [2.75, 3.05) is 7.11 Å². The molecular formula is C24H18Br2N2O3S. The van der Waals surface area contributed by atoms with Crippen LogP contribution in [0.1, 0.15) is 11.1 Å². The lowest BCUT2D eigenvalue weighted by molar-refractivity contribution is -0.115. The van der Waals surface area contributed by atoms with Gasteiger partial charge < -0.3 is 14.8 Å². The van der Waals surface area contributed by atoms with Crippen LogP contribution in [0.25, 0.3) is 6.08 Å². The quantitative estimate of drug-likeness (QED) is 0.334. The zero-order valence-electron chi connectivity index (χ0n) is 17.0. The van der Waals surface area contributed by atoms with Gasteiger partial charge in [-0.1, -0.05) is 42.5 Å². The van der Waals surface area contributed by atoms with Gasteiger partial charge >= 0.3 is 0 Å². The number of para-hydroxylation sites is 1. The van der Waals surface area contributed by atoms with E-state index in [1.165, 1.54) is 11.8 Å². The van der Waals surface area contributed by atoms with Gasteiger partial charge in [0.1, 0.15) is 6.61 Å². The maximum absolute atomic E-state index is 12.5. The lowest BCUT2D eigenvalue weighted by Gasteiger charge is -2.13. The van der Waals surface area contributed by atoms with Crippen molar-refractivity contribution in [1.82, 2.24) is 5.32 Å². The predicted octanol–water partition coefficient (Wildman–Crippen LogP) is 6.69. The van der Waals surface area contributed by atoms with E-state index in [-0.39, 0.29) is 5.91 Å². The minimum Gasteiger partial charge on any atom is -0.493 e. The van der Waals surface area contributed by atoms with Gasteiger partial charge in [0, 0.05) is 4.47 Å². The van der Waals surface area contributed by atoms with Crippen LogP contribution in [0, 0.1) is 0 Å². The summed E-state index contributed by atoms with van der Waals surface area (Å²) in [6.45, 7) is 0.420. The van der Waals surface area contributed by atoms with E-state index in [0.29, 0.717) is 28.2 Å². The third kappa shape index (κ3) is 5.43. The maximum Gasteiger partial charge on any atom is 0.264 e. The molecule has 1 amide bonds. The number of halogens is 2. The van der Waals surface area contributed by atoms with Gasteiger partial charge in [0.05, 0.1) is 22.2 Å². The molecular weight excluding hydrogens is 556 g/mol. The lowest BCUT2D eigenvalue weighted by atomic mass is 10.2. The zero-order chi connectivity index (χ0) is 22.5. The molecule has 0 saturated carbocycles. The molecule has 4 rings (SSSR count). The first-order chi connectivity index (χ1) is 15.5. The van der Waals surface area contributed by atoms with Crippen LogP contribution in [0.15, 0.2) is 85.6 Å². The molecule has 5 nitrogen and oxygen atoms in total. The molecule has 1 saturated heterocycles. The fourth-order valence-electron chi connectivity index (χ4n) is 2.98. The van der Waals surface area contributed by atoms with E-state index >= 15 is 0 Å². The van der Waals surface area contributed by atoms with Gasteiger partial charge in [-0.3, -0.25) is 4.79 Å². The predicted molar refractivity (Wildman–Crippen MR) is 136 cm³/mol. The Morgan fingerprint density at radius 2 is 1.78 bits per heavy atom. The number of hydrogen-bond acceptors (Lipinski definition) is 5. The number of hydrogen-bond donors (Lipinski definition) is 1. The highest BCUT2D eigenvalue weighted by Gasteiger charge is 2.24. The zero-order valence-corrected chi connectivity index (χ0v) is 21.0. The molecule has 0 spiro atoms. The Labute approximate surface area is 207 Å². The summed E-state index contributed by atoms with van der Waals surface area (Å²) in [5.74, 6) is 0.992. The second-order valence-corrected chi connectivity index (χ2v) is 9.48. The topological polar surface area (TPSA) is 59.9 Å². The van der Waals surface area contributed by atoms with Crippen molar-refractivity contribution < 1.29 is 14.3 Å². The van der Waals surface area contributed by atoms with Crippen LogP contribution < -0.4 is 14.8 Å². The summed E-state index contributed by atoms with van der Waals surface area (Å²) >= 11 is 8.33. The van der Waals surface area contributed by atoms with Crippen LogP contribution in [0.5, 0.6) is 11.5 Å². The molecule has 32 heavy (non-hydrogen) atoms. The second-order valence-electron chi connectivity index (χ2n) is 6.74. The van der Waals surface area contributed by atoms with Gasteiger partial charge in [-0.2, -0.15) is 0 Å². The van der Waals surface area contributed by atoms with Gasteiger partial charge in [-0.15, -0.1) is 0 Å². The lowest BCUT2D eigenvalue weighted by Crippen LogP contribution is -2.19. The Hall–Kier alpha value is -2.55. The Morgan fingerprint density at radius 3 is 2.53 bits per heavy atom. The van der Waals surface area contributed by atoms with E-state index in [2.05, 4.69) is 42.2 Å². The summed E-state index contributed by atoms with van der Waals surface area (Å²) in [6, 6.07) is 21.2. The number of carbonyl (C=O) groups is 1. The molecule has 0 radical (unpaired) electrons. The molecule has 1 fully saturated rings. The van der Waals surface area contributed by atoms with E-state index in [1.807, 2.05) is 66.7 Å². The minimum absolute atomic E-state index is 0.194. The smallest absolute Gasteiger partial charge is 0.264 e. The number of rotatable bonds is 6. The Balaban J connectivity index is 1.55. The molecule has 162 valence electrons. The van der Waals surface area contributed by atoms with Crippen LogP contribution in [0.2, 0.25) is 0 Å². The van der Waals surface area contributed by atoms with Gasteiger partial charge in [-0.25, -0.2) is 4.99 Å². The van der Waals surface area contributed by atoms with Gasteiger partial charge in [0.25, 0.3) is 5.91 Å². The molecule has 0 aliphatic carbocycles. The van der Waals surface area contributed by atoms with Crippen molar-refractivity contribution in [2.24, 2.45) is 4.99 Å². The SMILES string of the molecule is COc1cc(/C=C2/SC(=Nc3ccccc3Br)NC2=O)cc(Br)c1OCc1ccccc1. The highest BCUT2D eigenvalue weighted by atomic mass is 79.9. The van der Waals surface area contributed by atoms with Crippen molar-refractivity contribution in [3.05, 3.63) is 91.7 Å². The highest BCUT2D eigenvalue weighted by Crippen LogP contribution is 2.39. The number of benzene rings is 3. The number of nitrogens with zero attached hydrogens (tertiary/aromatic N) is 1. The largest absolute Gasteiger partial charge is 0.493 e. The fraction of sp³-hybridized carbons (Fsp3) is 0.0833. The average molecular weight is 574 g/mol. The highest BCUT2D eigenvalue weighted by molar-refractivity contribution is 9.11. The van der Waals surface area contributed by atoms with Crippen molar-refractivity contribution in [1.29, 1.82) is 0 Å². The van der Waals surface area contributed by atoms with Crippen molar-refractivity contribution in [2.45, 2.75) is 6.61 Å². The molecule has 1 heterocycles. The second kappa shape index (κ2) is 10.4. The van der Waals surface area contributed by atoms with Crippen LogP contribution in [0.3, 0.4) is 0 Å². The molecule has 0 aromatic heterocycles. The summed E-state index contributed by atoms with van der Waals surface area (Å²) < 4.78 is 13.1. The number of carbonyl (C=O) groups excluding carboxylic acids is 1. The van der Waals surface area contributed by atoms with Gasteiger partial charge in [0.15, 0.2) is 16.7 Å². The summed E-state index contributed by atoms with van der Waals surface area (Å²) in [7, 11) is 1.59. The Bertz CT molecular complexity index is 1210. The summed E-state index contributed by atoms with van der Waals surface area (Å²) in [4.78, 5) is 17.5. The van der Waals surface area contributed by atoms with E-state index in [9.17, 15) is 4.79 Å². The summed E-state index contributed by atoms with van der Waals surface area (Å²) in [5.41, 5.74) is 2.62. The third-order valence-corrected chi connectivity index (χ3v) is 6.67. The molecule has 0 unspecified atom stereocenters. The average Bonchev–Trinajstić information content (AvgIpc) is 3.13. The third-order valence-electron chi connectivity index (χ3n) is 4.50. The normalized spacial score (nSPS) is 15.8. The van der Waals surface area contributed by atoms with Crippen LogP contribution in [-0.4, -0.2) is 18.2 Å². The van der Waals surface area contributed by atoms with Crippen LogP contribution >= 0.6 is 43.6 Å².